The van der Waals surface area contributed by atoms with Gasteiger partial charge in [0.25, 0.3) is 0 Å². The quantitative estimate of drug-likeness (QED) is 0.472. The largest absolute Gasteiger partial charge is 0.330 e. The van der Waals surface area contributed by atoms with E-state index < -0.39 is 0 Å². The van der Waals surface area contributed by atoms with Crippen LogP contribution < -0.4 is 10.6 Å². The first-order chi connectivity index (χ1) is 15.1. The zero-order valence-corrected chi connectivity index (χ0v) is 17.0. The van der Waals surface area contributed by atoms with Crippen LogP contribution in [0.25, 0.3) is 21.8 Å². The Hall–Kier alpha value is -4.00. The Kier molecular flexibility index (Phi) is 4.71. The van der Waals surface area contributed by atoms with Gasteiger partial charge in [-0.3, -0.25) is 19.7 Å². The highest BCUT2D eigenvalue weighted by Crippen LogP contribution is 2.35. The molecule has 0 bridgehead atoms. The number of carbonyl (C=O) groups is 2. The van der Waals surface area contributed by atoms with E-state index in [1.54, 1.807) is 6.20 Å². The van der Waals surface area contributed by atoms with Crippen LogP contribution in [0.2, 0.25) is 0 Å². The summed E-state index contributed by atoms with van der Waals surface area (Å²) in [4.78, 5) is 29.7. The Morgan fingerprint density at radius 2 is 2.00 bits per heavy atom. The number of amides is 2. The van der Waals surface area contributed by atoms with Gasteiger partial charge in [0.2, 0.25) is 11.8 Å². The second kappa shape index (κ2) is 7.68. The number of anilines is 1. The molecule has 0 saturated carbocycles. The van der Waals surface area contributed by atoms with E-state index in [2.05, 4.69) is 31.9 Å². The summed E-state index contributed by atoms with van der Waals surface area (Å²) in [6.45, 7) is 1.85. The molecule has 2 aromatic carbocycles. The van der Waals surface area contributed by atoms with Crippen molar-refractivity contribution < 1.29 is 9.59 Å². The van der Waals surface area contributed by atoms with Gasteiger partial charge in [-0.2, -0.15) is 5.10 Å². The highest BCUT2D eigenvalue weighted by atomic mass is 16.2. The highest BCUT2D eigenvalue weighted by Gasteiger charge is 2.29. The van der Waals surface area contributed by atoms with Gasteiger partial charge >= 0.3 is 0 Å². The first-order valence-electron chi connectivity index (χ1n) is 10.1. The zero-order valence-electron chi connectivity index (χ0n) is 17.0. The average Bonchev–Trinajstić information content (AvgIpc) is 3.23. The maximum atomic E-state index is 12.9. The Morgan fingerprint density at radius 3 is 2.90 bits per heavy atom. The van der Waals surface area contributed by atoms with E-state index >= 15 is 0 Å². The molecular weight excluding hydrogens is 390 g/mol. The number of aromatic amines is 1. The summed E-state index contributed by atoms with van der Waals surface area (Å²) < 4.78 is 0. The molecule has 31 heavy (non-hydrogen) atoms. The molecule has 154 valence electrons. The average molecular weight is 411 g/mol. The summed E-state index contributed by atoms with van der Waals surface area (Å²) in [6, 6.07) is 15.5. The van der Waals surface area contributed by atoms with Crippen molar-refractivity contribution in [2.45, 2.75) is 25.7 Å². The van der Waals surface area contributed by atoms with Crippen molar-refractivity contribution in [3.8, 4) is 0 Å². The number of benzene rings is 2. The second-order valence-electron chi connectivity index (χ2n) is 7.81. The third-order valence-electron chi connectivity index (χ3n) is 5.71. The van der Waals surface area contributed by atoms with Crippen LogP contribution in [-0.4, -0.2) is 27.0 Å². The summed E-state index contributed by atoms with van der Waals surface area (Å²) >= 11 is 0. The smallest absolute Gasteiger partial charge is 0.228 e. The Balaban J connectivity index is 1.42. The van der Waals surface area contributed by atoms with E-state index in [9.17, 15) is 9.59 Å². The summed E-state index contributed by atoms with van der Waals surface area (Å²) in [5.74, 6) is -0.370. The zero-order chi connectivity index (χ0) is 21.4. The fourth-order valence-electron chi connectivity index (χ4n) is 4.16. The molecule has 4 aromatic rings. The first-order valence-corrected chi connectivity index (χ1v) is 10.1. The van der Waals surface area contributed by atoms with Gasteiger partial charge in [0.05, 0.1) is 23.7 Å². The molecular formula is C24H21N5O2. The van der Waals surface area contributed by atoms with E-state index in [4.69, 9.17) is 0 Å². The molecule has 0 spiro atoms. The number of para-hydroxylation sites is 1. The fraction of sp³-hybridized carbons (Fsp3) is 0.167. The van der Waals surface area contributed by atoms with Gasteiger partial charge in [0.15, 0.2) is 0 Å². The molecule has 1 unspecified atom stereocenters. The molecule has 7 nitrogen and oxygen atoms in total. The van der Waals surface area contributed by atoms with Crippen LogP contribution in [0.15, 0.2) is 72.2 Å². The maximum Gasteiger partial charge on any atom is 0.228 e. The second-order valence-corrected chi connectivity index (χ2v) is 7.81. The number of hydrogen-bond donors (Lipinski definition) is 3. The lowest BCUT2D eigenvalue weighted by Gasteiger charge is -2.27. The van der Waals surface area contributed by atoms with Gasteiger partial charge in [-0.1, -0.05) is 18.2 Å². The van der Waals surface area contributed by atoms with E-state index in [1.807, 2.05) is 55.6 Å². The SMILES string of the molecule is CC1=C(CC(=O)Nc2ccc3[nH]ncc3c2)C(c2cnc3ccccc3c2)CC(=O)N1. The summed E-state index contributed by atoms with van der Waals surface area (Å²) in [6.07, 6.45) is 4.01. The predicted molar refractivity (Wildman–Crippen MR) is 119 cm³/mol. The van der Waals surface area contributed by atoms with Gasteiger partial charge in [-0.05, 0) is 48.4 Å². The number of rotatable bonds is 4. The lowest BCUT2D eigenvalue weighted by Crippen LogP contribution is -2.32. The number of fused-ring (bicyclic) bond motifs is 2. The molecule has 1 aliphatic heterocycles. The number of pyridine rings is 1. The summed E-state index contributed by atoms with van der Waals surface area (Å²) in [5.41, 5.74) is 5.10. The molecule has 3 heterocycles. The molecule has 1 atom stereocenters. The topological polar surface area (TPSA) is 99.8 Å². The number of carbonyl (C=O) groups excluding carboxylic acids is 2. The number of aromatic nitrogens is 3. The molecule has 0 radical (unpaired) electrons. The van der Waals surface area contributed by atoms with Crippen molar-refractivity contribution >= 4 is 39.3 Å². The van der Waals surface area contributed by atoms with Crippen LogP contribution >= 0.6 is 0 Å². The molecule has 0 aliphatic carbocycles. The predicted octanol–water partition coefficient (Wildman–Crippen LogP) is 4.02. The highest BCUT2D eigenvalue weighted by molar-refractivity contribution is 5.95. The van der Waals surface area contributed by atoms with Crippen LogP contribution in [0.3, 0.4) is 0 Å². The Labute approximate surface area is 178 Å². The molecule has 0 saturated heterocycles. The Bertz CT molecular complexity index is 1350. The maximum absolute atomic E-state index is 12.9. The fourth-order valence-corrected chi connectivity index (χ4v) is 4.16. The van der Waals surface area contributed by atoms with Gasteiger partial charge in [0.1, 0.15) is 0 Å². The number of hydrogen-bond acceptors (Lipinski definition) is 4. The number of allylic oxidation sites excluding steroid dienone is 1. The van der Waals surface area contributed by atoms with Crippen molar-refractivity contribution in [1.29, 1.82) is 0 Å². The minimum atomic E-state index is -0.187. The molecule has 7 heteroatoms. The lowest BCUT2D eigenvalue weighted by atomic mass is 9.83. The minimum absolute atomic E-state index is 0.0507. The van der Waals surface area contributed by atoms with Crippen molar-refractivity contribution in [1.82, 2.24) is 20.5 Å². The van der Waals surface area contributed by atoms with Crippen molar-refractivity contribution in [3.05, 3.63) is 77.8 Å². The first kappa shape index (κ1) is 19.0. The van der Waals surface area contributed by atoms with Crippen molar-refractivity contribution in [2.75, 3.05) is 5.32 Å². The van der Waals surface area contributed by atoms with Gasteiger partial charge in [-0.25, -0.2) is 0 Å². The molecule has 2 amide bonds. The van der Waals surface area contributed by atoms with E-state index in [0.717, 1.165) is 38.6 Å². The van der Waals surface area contributed by atoms with Crippen molar-refractivity contribution in [3.63, 3.8) is 0 Å². The molecule has 2 aromatic heterocycles. The molecule has 3 N–H and O–H groups in total. The normalized spacial score (nSPS) is 16.5. The molecule has 5 rings (SSSR count). The lowest BCUT2D eigenvalue weighted by molar-refractivity contribution is -0.121. The van der Waals surface area contributed by atoms with Crippen LogP contribution in [0.4, 0.5) is 5.69 Å². The number of nitrogens with one attached hydrogen (secondary N) is 3. The van der Waals surface area contributed by atoms with Crippen LogP contribution in [-0.2, 0) is 9.59 Å². The summed E-state index contributed by atoms with van der Waals surface area (Å²) in [5, 5.41) is 14.7. The third-order valence-corrected chi connectivity index (χ3v) is 5.71. The van der Waals surface area contributed by atoms with E-state index in [-0.39, 0.29) is 24.2 Å². The monoisotopic (exact) mass is 411 g/mol. The van der Waals surface area contributed by atoms with Crippen LogP contribution in [0.5, 0.6) is 0 Å². The number of nitrogens with zero attached hydrogens (tertiary/aromatic N) is 2. The van der Waals surface area contributed by atoms with Crippen molar-refractivity contribution in [2.24, 2.45) is 0 Å². The Morgan fingerprint density at radius 1 is 1.13 bits per heavy atom. The van der Waals surface area contributed by atoms with Gasteiger partial charge < -0.3 is 10.6 Å². The van der Waals surface area contributed by atoms with Crippen LogP contribution in [0.1, 0.15) is 31.2 Å². The summed E-state index contributed by atoms with van der Waals surface area (Å²) in [7, 11) is 0. The molecule has 1 aliphatic rings. The number of H-pyrrole nitrogens is 1. The third kappa shape index (κ3) is 3.77. The molecule has 0 fully saturated rings. The van der Waals surface area contributed by atoms with E-state index in [1.165, 1.54) is 0 Å². The minimum Gasteiger partial charge on any atom is -0.330 e. The van der Waals surface area contributed by atoms with E-state index in [0.29, 0.717) is 12.1 Å². The van der Waals surface area contributed by atoms with Gasteiger partial charge in [0, 0.05) is 40.7 Å². The van der Waals surface area contributed by atoms with Crippen LogP contribution in [0, 0.1) is 0 Å². The van der Waals surface area contributed by atoms with Gasteiger partial charge in [-0.15, -0.1) is 0 Å². The standard InChI is InChI=1S/C24H21N5O2/c1-14-19(10-24(31)28-18-6-7-22-17(9-18)13-26-29-22)20(11-23(30)27-14)16-8-15-4-2-3-5-21(15)25-12-16/h2-9,12-13,20H,10-11H2,1H3,(H,26,29)(H,27,30)(H,28,31).